The molecule has 0 saturated carbocycles. The lowest BCUT2D eigenvalue weighted by molar-refractivity contribution is -0.129. The van der Waals surface area contributed by atoms with Crippen LogP contribution < -0.4 is 4.90 Å². The van der Waals surface area contributed by atoms with E-state index in [0.29, 0.717) is 11.3 Å². The average molecular weight is 335 g/mol. The summed E-state index contributed by atoms with van der Waals surface area (Å²) in [5.74, 6) is -1.84. The van der Waals surface area contributed by atoms with E-state index in [1.807, 2.05) is 0 Å². The molecule has 126 valence electrons. The second-order valence-corrected chi connectivity index (χ2v) is 6.55. The lowest BCUT2D eigenvalue weighted by Crippen LogP contribution is -2.63. The maximum atomic E-state index is 13.2. The van der Waals surface area contributed by atoms with Crippen LogP contribution in [-0.2, 0) is 10.2 Å². The van der Waals surface area contributed by atoms with Crippen molar-refractivity contribution < 1.29 is 19.5 Å². The predicted octanol–water partition coefficient (Wildman–Crippen LogP) is 2.12. The lowest BCUT2D eigenvalue weighted by atomic mass is 9.63. The number of carbonyl (C=O) groups is 3. The number of hydrogen-bond acceptors (Lipinski definition) is 4. The van der Waals surface area contributed by atoms with Crippen LogP contribution >= 0.6 is 0 Å². The zero-order chi connectivity index (χ0) is 18.0. The average Bonchev–Trinajstić information content (AvgIpc) is 2.99. The standard InChI is InChI=1S/C20H17NO4/c1-3-19(14-10-6-7-11-15(14)21(2)18(19)24)20(25)16(22)12-8-4-5-9-13(12)17(20)23/h4-11,25H,3H2,1-2H3. The molecule has 0 fully saturated rings. The van der Waals surface area contributed by atoms with Gasteiger partial charge in [0, 0.05) is 23.9 Å². The molecule has 2 aliphatic rings. The van der Waals surface area contributed by atoms with Gasteiger partial charge in [-0.1, -0.05) is 49.4 Å². The molecule has 1 unspecified atom stereocenters. The molecule has 0 saturated heterocycles. The molecule has 1 aliphatic heterocycles. The number of rotatable bonds is 2. The van der Waals surface area contributed by atoms with Crippen molar-refractivity contribution in [1.82, 2.24) is 0 Å². The highest BCUT2D eigenvalue weighted by Gasteiger charge is 2.70. The molecule has 2 aromatic rings. The van der Waals surface area contributed by atoms with Crippen molar-refractivity contribution in [3.63, 3.8) is 0 Å². The Bertz CT molecular complexity index is 913. The third-order valence-electron chi connectivity index (χ3n) is 5.62. The Morgan fingerprint density at radius 2 is 1.44 bits per heavy atom. The van der Waals surface area contributed by atoms with Gasteiger partial charge < -0.3 is 10.0 Å². The smallest absolute Gasteiger partial charge is 0.241 e. The Kier molecular flexibility index (Phi) is 3.06. The molecule has 1 aliphatic carbocycles. The van der Waals surface area contributed by atoms with Crippen molar-refractivity contribution in [1.29, 1.82) is 0 Å². The minimum atomic E-state index is -2.43. The normalized spacial score (nSPS) is 23.8. The number of benzene rings is 2. The lowest BCUT2D eigenvalue weighted by Gasteiger charge is -2.38. The molecule has 1 atom stereocenters. The Morgan fingerprint density at radius 1 is 0.920 bits per heavy atom. The van der Waals surface area contributed by atoms with Crippen molar-refractivity contribution in [3.05, 3.63) is 65.2 Å². The first kappa shape index (κ1) is 15.7. The van der Waals surface area contributed by atoms with E-state index in [1.54, 1.807) is 50.4 Å². The molecular formula is C20H17NO4. The van der Waals surface area contributed by atoms with E-state index in [2.05, 4.69) is 0 Å². The van der Waals surface area contributed by atoms with E-state index in [1.165, 1.54) is 17.0 Å². The Hall–Kier alpha value is -2.79. The van der Waals surface area contributed by atoms with Gasteiger partial charge in [0.1, 0.15) is 5.41 Å². The fourth-order valence-electron chi connectivity index (χ4n) is 4.34. The SMILES string of the molecule is CCC1(C2(O)C(=O)c3ccccc3C2=O)C(=O)N(C)c2ccccc21. The molecule has 5 nitrogen and oxygen atoms in total. The number of likely N-dealkylation sites (N-methyl/N-ethyl adjacent to an activating group) is 1. The van der Waals surface area contributed by atoms with Gasteiger partial charge in [0.2, 0.25) is 23.1 Å². The third kappa shape index (κ3) is 1.54. The van der Waals surface area contributed by atoms with Crippen LogP contribution in [-0.4, -0.2) is 35.2 Å². The number of fused-ring (bicyclic) bond motifs is 2. The number of aliphatic hydroxyl groups is 1. The van der Waals surface area contributed by atoms with E-state index in [9.17, 15) is 19.5 Å². The van der Waals surface area contributed by atoms with Crippen LogP contribution in [0.15, 0.2) is 48.5 Å². The first-order valence-electron chi connectivity index (χ1n) is 8.20. The maximum Gasteiger partial charge on any atom is 0.241 e. The minimum Gasteiger partial charge on any atom is -0.373 e. The highest BCUT2D eigenvalue weighted by atomic mass is 16.3. The molecule has 0 aromatic heterocycles. The van der Waals surface area contributed by atoms with E-state index < -0.39 is 28.5 Å². The maximum absolute atomic E-state index is 13.2. The van der Waals surface area contributed by atoms with Gasteiger partial charge in [-0.15, -0.1) is 0 Å². The summed E-state index contributed by atoms with van der Waals surface area (Å²) >= 11 is 0. The van der Waals surface area contributed by atoms with Crippen molar-refractivity contribution in [2.45, 2.75) is 24.4 Å². The molecule has 0 bridgehead atoms. The number of hydrogen-bond donors (Lipinski definition) is 1. The van der Waals surface area contributed by atoms with E-state index in [-0.39, 0.29) is 17.5 Å². The van der Waals surface area contributed by atoms with Crippen LogP contribution in [0.2, 0.25) is 0 Å². The molecule has 2 aromatic carbocycles. The molecule has 25 heavy (non-hydrogen) atoms. The second-order valence-electron chi connectivity index (χ2n) is 6.55. The summed E-state index contributed by atoms with van der Waals surface area (Å²) in [5, 5.41) is 11.5. The van der Waals surface area contributed by atoms with Gasteiger partial charge in [-0.2, -0.15) is 0 Å². The van der Waals surface area contributed by atoms with Crippen molar-refractivity contribution in [3.8, 4) is 0 Å². The van der Waals surface area contributed by atoms with Crippen molar-refractivity contribution in [2.75, 3.05) is 11.9 Å². The van der Waals surface area contributed by atoms with E-state index in [4.69, 9.17) is 0 Å². The summed E-state index contributed by atoms with van der Waals surface area (Å²) in [6.07, 6.45) is 0.134. The highest BCUT2D eigenvalue weighted by Crippen LogP contribution is 2.53. The van der Waals surface area contributed by atoms with Gasteiger partial charge in [0.05, 0.1) is 0 Å². The number of amides is 1. The van der Waals surface area contributed by atoms with Crippen molar-refractivity contribution >= 4 is 23.2 Å². The predicted molar refractivity (Wildman–Crippen MR) is 91.9 cm³/mol. The Labute approximate surface area is 144 Å². The van der Waals surface area contributed by atoms with Gasteiger partial charge in [0.15, 0.2) is 0 Å². The molecule has 1 amide bonds. The second kappa shape index (κ2) is 4.86. The highest BCUT2D eigenvalue weighted by molar-refractivity contribution is 6.36. The molecule has 5 heteroatoms. The summed E-state index contributed by atoms with van der Waals surface area (Å²) in [7, 11) is 1.60. The Balaban J connectivity index is 2.05. The van der Waals surface area contributed by atoms with Gasteiger partial charge in [-0.05, 0) is 18.1 Å². The van der Waals surface area contributed by atoms with Crippen molar-refractivity contribution in [2.24, 2.45) is 0 Å². The fourth-order valence-corrected chi connectivity index (χ4v) is 4.34. The first-order chi connectivity index (χ1) is 11.9. The van der Waals surface area contributed by atoms with Crippen LogP contribution in [0, 0.1) is 0 Å². The third-order valence-corrected chi connectivity index (χ3v) is 5.62. The topological polar surface area (TPSA) is 74.7 Å². The van der Waals surface area contributed by atoms with Crippen LogP contribution in [0.5, 0.6) is 0 Å². The summed E-state index contributed by atoms with van der Waals surface area (Å²) in [6.45, 7) is 1.72. The monoisotopic (exact) mass is 335 g/mol. The number of ketones is 2. The van der Waals surface area contributed by atoms with Crippen LogP contribution in [0.25, 0.3) is 0 Å². The summed E-state index contributed by atoms with van der Waals surface area (Å²) in [6, 6.07) is 13.3. The van der Waals surface area contributed by atoms with Crippen LogP contribution in [0.4, 0.5) is 5.69 Å². The quantitative estimate of drug-likeness (QED) is 0.853. The van der Waals surface area contributed by atoms with Crippen LogP contribution in [0.1, 0.15) is 39.6 Å². The summed E-state index contributed by atoms with van der Waals surface area (Å²) in [4.78, 5) is 40.8. The molecule has 0 radical (unpaired) electrons. The molecular weight excluding hydrogens is 318 g/mol. The first-order valence-corrected chi connectivity index (χ1v) is 8.20. The summed E-state index contributed by atoms with van der Waals surface area (Å²) in [5.41, 5.74) is -2.58. The Morgan fingerprint density at radius 3 is 2.00 bits per heavy atom. The number of nitrogens with zero attached hydrogens (tertiary/aromatic N) is 1. The number of anilines is 1. The zero-order valence-corrected chi connectivity index (χ0v) is 13.9. The largest absolute Gasteiger partial charge is 0.373 e. The van der Waals surface area contributed by atoms with Gasteiger partial charge >= 0.3 is 0 Å². The number of Topliss-reactive ketones (excluding diaryl/α,β-unsaturated/α-hetero) is 2. The van der Waals surface area contributed by atoms with Crippen LogP contribution in [0.3, 0.4) is 0 Å². The zero-order valence-electron chi connectivity index (χ0n) is 13.9. The van der Waals surface area contributed by atoms with E-state index in [0.717, 1.165) is 0 Å². The van der Waals surface area contributed by atoms with E-state index >= 15 is 0 Å². The summed E-state index contributed by atoms with van der Waals surface area (Å²) < 4.78 is 0. The fraction of sp³-hybridized carbons (Fsp3) is 0.250. The number of para-hydroxylation sites is 1. The minimum absolute atomic E-state index is 0.134. The molecule has 1 N–H and O–H groups in total. The molecule has 1 heterocycles. The van der Waals surface area contributed by atoms with Gasteiger partial charge in [-0.25, -0.2) is 0 Å². The van der Waals surface area contributed by atoms with Gasteiger partial charge in [-0.3, -0.25) is 14.4 Å². The van der Waals surface area contributed by atoms with Gasteiger partial charge in [0.25, 0.3) is 0 Å². The number of carbonyl (C=O) groups excluding carboxylic acids is 3. The molecule has 0 spiro atoms. The molecule has 4 rings (SSSR count).